The minimum absolute atomic E-state index is 0.0763. The number of anilines is 1. The van der Waals surface area contributed by atoms with E-state index in [2.05, 4.69) is 32.6 Å². The third-order valence-electron chi connectivity index (χ3n) is 2.25. The summed E-state index contributed by atoms with van der Waals surface area (Å²) in [5.41, 5.74) is 1.18. The molecular formula is C13H16BrN3O. The summed E-state index contributed by atoms with van der Waals surface area (Å²) in [6, 6.07) is 7.37. The van der Waals surface area contributed by atoms with Crippen molar-refractivity contribution < 1.29 is 4.79 Å². The fourth-order valence-electron chi connectivity index (χ4n) is 1.32. The molecule has 0 heterocycles. The fraction of sp³-hybridized carbons (Fsp3) is 0.385. The van der Waals surface area contributed by atoms with Crippen LogP contribution in [0.3, 0.4) is 0 Å². The number of hydrogen-bond donors (Lipinski definition) is 2. The zero-order valence-corrected chi connectivity index (χ0v) is 12.0. The van der Waals surface area contributed by atoms with E-state index in [-0.39, 0.29) is 12.5 Å². The van der Waals surface area contributed by atoms with E-state index >= 15 is 0 Å². The Morgan fingerprint density at radius 2 is 2.22 bits per heavy atom. The van der Waals surface area contributed by atoms with Crippen molar-refractivity contribution in [2.45, 2.75) is 13.8 Å². The summed E-state index contributed by atoms with van der Waals surface area (Å²) in [4.78, 5) is 11.5. The van der Waals surface area contributed by atoms with Gasteiger partial charge < -0.3 is 10.6 Å². The van der Waals surface area contributed by atoms with Gasteiger partial charge in [-0.25, -0.2) is 0 Å². The van der Waals surface area contributed by atoms with Gasteiger partial charge in [0.05, 0.1) is 17.8 Å². The molecule has 0 radical (unpaired) electrons. The minimum Gasteiger partial charge on any atom is -0.375 e. The van der Waals surface area contributed by atoms with Crippen LogP contribution in [0, 0.1) is 17.2 Å². The molecule has 0 spiro atoms. The highest BCUT2D eigenvalue weighted by molar-refractivity contribution is 9.10. The first kappa shape index (κ1) is 14.5. The van der Waals surface area contributed by atoms with Crippen LogP contribution in [0.4, 0.5) is 5.69 Å². The number of amides is 1. The Hall–Kier alpha value is -1.54. The van der Waals surface area contributed by atoms with E-state index in [1.807, 2.05) is 13.8 Å². The summed E-state index contributed by atoms with van der Waals surface area (Å²) in [5, 5.41) is 14.7. The van der Waals surface area contributed by atoms with E-state index in [0.717, 1.165) is 4.47 Å². The lowest BCUT2D eigenvalue weighted by atomic mass is 10.2. The van der Waals surface area contributed by atoms with E-state index in [0.29, 0.717) is 23.7 Å². The molecule has 0 fully saturated rings. The monoisotopic (exact) mass is 309 g/mol. The van der Waals surface area contributed by atoms with Crippen LogP contribution in [-0.2, 0) is 4.79 Å². The van der Waals surface area contributed by atoms with Crippen LogP contribution in [0.2, 0.25) is 0 Å². The van der Waals surface area contributed by atoms with E-state index in [1.165, 1.54) is 0 Å². The van der Waals surface area contributed by atoms with Gasteiger partial charge in [-0.15, -0.1) is 0 Å². The van der Waals surface area contributed by atoms with E-state index < -0.39 is 0 Å². The molecule has 0 bridgehead atoms. The molecule has 0 atom stereocenters. The van der Waals surface area contributed by atoms with Crippen molar-refractivity contribution in [2.24, 2.45) is 5.92 Å². The molecule has 4 nitrogen and oxygen atoms in total. The van der Waals surface area contributed by atoms with Gasteiger partial charge in [-0.1, -0.05) is 29.8 Å². The summed E-state index contributed by atoms with van der Waals surface area (Å²) >= 11 is 3.33. The highest BCUT2D eigenvalue weighted by Gasteiger charge is 2.05. The van der Waals surface area contributed by atoms with Gasteiger partial charge in [-0.05, 0) is 24.1 Å². The molecule has 96 valence electrons. The molecule has 0 unspecified atom stereocenters. The Labute approximate surface area is 116 Å². The molecule has 0 aliphatic carbocycles. The molecule has 1 aromatic carbocycles. The lowest BCUT2D eigenvalue weighted by Gasteiger charge is -2.10. The van der Waals surface area contributed by atoms with E-state index in [9.17, 15) is 4.79 Å². The highest BCUT2D eigenvalue weighted by atomic mass is 79.9. The Kier molecular flexibility index (Phi) is 5.66. The average molecular weight is 310 g/mol. The summed E-state index contributed by atoms with van der Waals surface area (Å²) in [5.74, 6) is 0.349. The van der Waals surface area contributed by atoms with Crippen molar-refractivity contribution in [3.05, 3.63) is 28.2 Å². The Morgan fingerprint density at radius 1 is 1.50 bits per heavy atom. The minimum atomic E-state index is -0.0763. The molecule has 2 N–H and O–H groups in total. The number of benzene rings is 1. The predicted molar refractivity (Wildman–Crippen MR) is 75.2 cm³/mol. The Morgan fingerprint density at radius 3 is 2.83 bits per heavy atom. The SMILES string of the molecule is CC(C)CNC(=O)CNc1cc(Br)ccc1C#N. The molecule has 0 aliphatic rings. The van der Waals surface area contributed by atoms with Crippen molar-refractivity contribution in [1.82, 2.24) is 5.32 Å². The zero-order valence-electron chi connectivity index (χ0n) is 10.5. The molecule has 18 heavy (non-hydrogen) atoms. The molecule has 1 amide bonds. The Bertz CT molecular complexity index is 466. The molecule has 1 aromatic rings. The number of nitrogens with one attached hydrogen (secondary N) is 2. The fourth-order valence-corrected chi connectivity index (χ4v) is 1.68. The predicted octanol–water partition coefficient (Wildman–Crippen LogP) is 2.50. The number of carbonyl (C=O) groups excluding carboxylic acids is 1. The smallest absolute Gasteiger partial charge is 0.239 e. The molecule has 0 aliphatic heterocycles. The van der Waals surface area contributed by atoms with E-state index in [1.54, 1.807) is 18.2 Å². The molecule has 1 rings (SSSR count). The molecule has 0 saturated carbocycles. The van der Waals surface area contributed by atoms with Gasteiger partial charge in [0.2, 0.25) is 5.91 Å². The number of rotatable bonds is 5. The molecule has 0 aromatic heterocycles. The van der Waals surface area contributed by atoms with Gasteiger partial charge in [0.1, 0.15) is 6.07 Å². The number of halogens is 1. The quantitative estimate of drug-likeness (QED) is 0.878. The van der Waals surface area contributed by atoms with Gasteiger partial charge in [0.25, 0.3) is 0 Å². The van der Waals surface area contributed by atoms with Crippen LogP contribution >= 0.6 is 15.9 Å². The zero-order chi connectivity index (χ0) is 13.5. The first-order chi connectivity index (χ1) is 8.52. The van der Waals surface area contributed by atoms with Crippen molar-refractivity contribution in [1.29, 1.82) is 5.26 Å². The van der Waals surface area contributed by atoms with Crippen molar-refractivity contribution in [3.63, 3.8) is 0 Å². The van der Waals surface area contributed by atoms with E-state index in [4.69, 9.17) is 5.26 Å². The third kappa shape index (κ3) is 4.76. The standard InChI is InChI=1S/C13H16BrN3O/c1-9(2)7-17-13(18)8-16-12-5-11(14)4-3-10(12)6-15/h3-5,9,16H,7-8H2,1-2H3,(H,17,18). The van der Waals surface area contributed by atoms with Gasteiger partial charge in [0, 0.05) is 11.0 Å². The number of carbonyl (C=O) groups is 1. The maximum atomic E-state index is 11.5. The number of nitrogens with zero attached hydrogens (tertiary/aromatic N) is 1. The lowest BCUT2D eigenvalue weighted by molar-refractivity contribution is -0.119. The lowest BCUT2D eigenvalue weighted by Crippen LogP contribution is -2.32. The van der Waals surface area contributed by atoms with Crippen LogP contribution in [0.5, 0.6) is 0 Å². The van der Waals surface area contributed by atoms with Crippen LogP contribution in [-0.4, -0.2) is 19.0 Å². The summed E-state index contributed by atoms with van der Waals surface area (Å²) in [7, 11) is 0. The number of hydrogen-bond acceptors (Lipinski definition) is 3. The highest BCUT2D eigenvalue weighted by Crippen LogP contribution is 2.20. The summed E-state index contributed by atoms with van der Waals surface area (Å²) < 4.78 is 0.867. The molecular weight excluding hydrogens is 294 g/mol. The van der Waals surface area contributed by atoms with Crippen molar-refractivity contribution in [3.8, 4) is 6.07 Å². The van der Waals surface area contributed by atoms with Crippen LogP contribution in [0.25, 0.3) is 0 Å². The number of nitriles is 1. The third-order valence-corrected chi connectivity index (χ3v) is 2.74. The molecule has 5 heteroatoms. The van der Waals surface area contributed by atoms with Crippen LogP contribution in [0.1, 0.15) is 19.4 Å². The van der Waals surface area contributed by atoms with Gasteiger partial charge >= 0.3 is 0 Å². The second-order valence-electron chi connectivity index (χ2n) is 4.35. The molecule has 0 saturated heterocycles. The topological polar surface area (TPSA) is 64.9 Å². The maximum Gasteiger partial charge on any atom is 0.239 e. The normalized spacial score (nSPS) is 9.94. The van der Waals surface area contributed by atoms with Gasteiger partial charge in [0.15, 0.2) is 0 Å². The van der Waals surface area contributed by atoms with Crippen LogP contribution in [0.15, 0.2) is 22.7 Å². The second kappa shape index (κ2) is 7.02. The second-order valence-corrected chi connectivity index (χ2v) is 5.27. The summed E-state index contributed by atoms with van der Waals surface area (Å²) in [6.45, 7) is 4.90. The van der Waals surface area contributed by atoms with Crippen LogP contribution < -0.4 is 10.6 Å². The first-order valence-electron chi connectivity index (χ1n) is 5.73. The van der Waals surface area contributed by atoms with Crippen molar-refractivity contribution in [2.75, 3.05) is 18.4 Å². The van der Waals surface area contributed by atoms with Gasteiger partial charge in [-0.3, -0.25) is 4.79 Å². The largest absolute Gasteiger partial charge is 0.375 e. The van der Waals surface area contributed by atoms with Gasteiger partial charge in [-0.2, -0.15) is 5.26 Å². The van der Waals surface area contributed by atoms with Crippen molar-refractivity contribution >= 4 is 27.5 Å². The first-order valence-corrected chi connectivity index (χ1v) is 6.52. The summed E-state index contributed by atoms with van der Waals surface area (Å²) in [6.07, 6.45) is 0. The Balaban J connectivity index is 2.55. The maximum absolute atomic E-state index is 11.5. The average Bonchev–Trinajstić information content (AvgIpc) is 2.34.